The van der Waals surface area contributed by atoms with Crippen molar-refractivity contribution in [1.82, 2.24) is 4.72 Å². The Bertz CT molecular complexity index is 570. The first-order valence-electron chi connectivity index (χ1n) is 5.92. The third-order valence-corrected chi connectivity index (χ3v) is 4.35. The van der Waals surface area contributed by atoms with E-state index in [4.69, 9.17) is 5.73 Å². The summed E-state index contributed by atoms with van der Waals surface area (Å²) in [4.78, 5) is 11.8. The number of benzene rings is 1. The van der Waals surface area contributed by atoms with Gasteiger partial charge in [-0.05, 0) is 38.1 Å². The third-order valence-electron chi connectivity index (χ3n) is 2.79. The fourth-order valence-corrected chi connectivity index (χ4v) is 2.49. The van der Waals surface area contributed by atoms with E-state index in [1.54, 1.807) is 26.0 Å². The topological polar surface area (TPSA) is 101 Å². The monoisotopic (exact) mass is 285 g/mol. The van der Waals surface area contributed by atoms with Crippen molar-refractivity contribution in [2.45, 2.75) is 31.2 Å². The lowest BCUT2D eigenvalue weighted by Crippen LogP contribution is -2.34. The molecule has 0 heterocycles. The maximum Gasteiger partial charge on any atom is 0.241 e. The SMILES string of the molecule is CCC(N)C(=O)Nc1ccc(C)c(S(=O)(=O)NC)c1. The zero-order valence-electron chi connectivity index (χ0n) is 11.2. The van der Waals surface area contributed by atoms with E-state index in [0.29, 0.717) is 17.7 Å². The van der Waals surface area contributed by atoms with Gasteiger partial charge >= 0.3 is 0 Å². The lowest BCUT2D eigenvalue weighted by atomic mass is 10.2. The molecular weight excluding hydrogens is 266 g/mol. The molecule has 1 aromatic rings. The largest absolute Gasteiger partial charge is 0.325 e. The first-order chi connectivity index (χ1) is 8.81. The van der Waals surface area contributed by atoms with E-state index in [1.165, 1.54) is 13.1 Å². The molecule has 0 saturated heterocycles. The summed E-state index contributed by atoms with van der Waals surface area (Å²) in [5.74, 6) is -0.334. The molecule has 1 amide bonds. The van der Waals surface area contributed by atoms with Crippen molar-refractivity contribution in [2.24, 2.45) is 5.73 Å². The van der Waals surface area contributed by atoms with Gasteiger partial charge in [0.1, 0.15) is 0 Å². The maximum absolute atomic E-state index is 11.8. The van der Waals surface area contributed by atoms with Crippen LogP contribution in [0.2, 0.25) is 0 Å². The number of sulfonamides is 1. The lowest BCUT2D eigenvalue weighted by molar-refractivity contribution is -0.117. The summed E-state index contributed by atoms with van der Waals surface area (Å²) in [7, 11) is -2.21. The molecule has 7 heteroatoms. The maximum atomic E-state index is 11.8. The summed E-state index contributed by atoms with van der Waals surface area (Å²) < 4.78 is 25.9. The number of nitrogens with one attached hydrogen (secondary N) is 2. The van der Waals surface area contributed by atoms with Crippen molar-refractivity contribution in [3.63, 3.8) is 0 Å². The minimum Gasteiger partial charge on any atom is -0.325 e. The van der Waals surface area contributed by atoms with E-state index >= 15 is 0 Å². The van der Waals surface area contributed by atoms with Gasteiger partial charge in [-0.25, -0.2) is 13.1 Å². The Morgan fingerprint density at radius 3 is 2.58 bits per heavy atom. The van der Waals surface area contributed by atoms with Crippen molar-refractivity contribution in [1.29, 1.82) is 0 Å². The van der Waals surface area contributed by atoms with Crippen molar-refractivity contribution in [3.05, 3.63) is 23.8 Å². The van der Waals surface area contributed by atoms with Crippen LogP contribution in [0.3, 0.4) is 0 Å². The Morgan fingerprint density at radius 1 is 1.42 bits per heavy atom. The molecule has 0 saturated carbocycles. The number of anilines is 1. The summed E-state index contributed by atoms with van der Waals surface area (Å²) in [6.07, 6.45) is 0.513. The Hall–Kier alpha value is -1.44. The number of carbonyl (C=O) groups is 1. The van der Waals surface area contributed by atoms with Crippen LogP contribution in [0.5, 0.6) is 0 Å². The lowest BCUT2D eigenvalue weighted by Gasteiger charge is -2.12. The molecule has 1 atom stereocenters. The molecule has 0 fully saturated rings. The number of carbonyl (C=O) groups excluding carboxylic acids is 1. The van der Waals surface area contributed by atoms with Crippen LogP contribution < -0.4 is 15.8 Å². The molecule has 6 nitrogen and oxygen atoms in total. The van der Waals surface area contributed by atoms with E-state index in [9.17, 15) is 13.2 Å². The van der Waals surface area contributed by atoms with Gasteiger partial charge in [-0.2, -0.15) is 0 Å². The molecule has 1 rings (SSSR count). The number of hydrogen-bond donors (Lipinski definition) is 3. The van der Waals surface area contributed by atoms with Gasteiger partial charge in [0.15, 0.2) is 0 Å². The van der Waals surface area contributed by atoms with Gasteiger partial charge in [0, 0.05) is 5.69 Å². The van der Waals surface area contributed by atoms with Gasteiger partial charge in [-0.1, -0.05) is 13.0 Å². The molecule has 0 aliphatic carbocycles. The normalized spacial score (nSPS) is 13.1. The van der Waals surface area contributed by atoms with E-state index in [2.05, 4.69) is 10.0 Å². The smallest absolute Gasteiger partial charge is 0.241 e. The summed E-state index contributed by atoms with van der Waals surface area (Å²) >= 11 is 0. The fourth-order valence-electron chi connectivity index (χ4n) is 1.50. The number of aryl methyl sites for hydroxylation is 1. The number of rotatable bonds is 5. The van der Waals surface area contributed by atoms with Crippen LogP contribution in [0.25, 0.3) is 0 Å². The second kappa shape index (κ2) is 6.14. The van der Waals surface area contributed by atoms with E-state index in [1.807, 2.05) is 0 Å². The first-order valence-corrected chi connectivity index (χ1v) is 7.40. The van der Waals surface area contributed by atoms with Crippen molar-refractivity contribution < 1.29 is 13.2 Å². The summed E-state index contributed by atoms with van der Waals surface area (Å²) in [6.45, 7) is 3.49. The summed E-state index contributed by atoms with van der Waals surface area (Å²) in [5, 5.41) is 2.60. The zero-order valence-corrected chi connectivity index (χ0v) is 12.0. The summed E-state index contributed by atoms with van der Waals surface area (Å²) in [6, 6.07) is 4.09. The van der Waals surface area contributed by atoms with Crippen LogP contribution in [0.15, 0.2) is 23.1 Å². The molecule has 0 radical (unpaired) electrons. The highest BCUT2D eigenvalue weighted by Crippen LogP contribution is 2.20. The van der Waals surface area contributed by atoms with Crippen LogP contribution >= 0.6 is 0 Å². The predicted octanol–water partition coefficient (Wildman–Crippen LogP) is 0.579. The second-order valence-corrected chi connectivity index (χ2v) is 6.05. The highest BCUT2D eigenvalue weighted by atomic mass is 32.2. The van der Waals surface area contributed by atoms with Gasteiger partial charge in [0.05, 0.1) is 10.9 Å². The molecule has 1 aromatic carbocycles. The molecule has 106 valence electrons. The van der Waals surface area contributed by atoms with Gasteiger partial charge in [0.25, 0.3) is 0 Å². The molecule has 19 heavy (non-hydrogen) atoms. The molecule has 0 aliphatic rings. The Kier molecular flexibility index (Phi) is 5.04. The molecule has 4 N–H and O–H groups in total. The number of nitrogens with two attached hydrogens (primary N) is 1. The van der Waals surface area contributed by atoms with E-state index in [-0.39, 0.29) is 10.8 Å². The Labute approximate surface area is 113 Å². The molecule has 0 aromatic heterocycles. The fraction of sp³-hybridized carbons (Fsp3) is 0.417. The van der Waals surface area contributed by atoms with Gasteiger partial charge < -0.3 is 11.1 Å². The third kappa shape index (κ3) is 3.76. The van der Waals surface area contributed by atoms with Crippen LogP contribution in [0.1, 0.15) is 18.9 Å². The molecule has 0 spiro atoms. The number of amides is 1. The second-order valence-electron chi connectivity index (χ2n) is 4.19. The van der Waals surface area contributed by atoms with Gasteiger partial charge in [0.2, 0.25) is 15.9 Å². The quantitative estimate of drug-likeness (QED) is 0.736. The highest BCUT2D eigenvalue weighted by molar-refractivity contribution is 7.89. The van der Waals surface area contributed by atoms with Gasteiger partial charge in [-0.15, -0.1) is 0 Å². The van der Waals surface area contributed by atoms with Gasteiger partial charge in [-0.3, -0.25) is 4.79 Å². The molecule has 0 bridgehead atoms. The van der Waals surface area contributed by atoms with Crippen LogP contribution in [-0.4, -0.2) is 27.4 Å². The average molecular weight is 285 g/mol. The Balaban J connectivity index is 3.07. The highest BCUT2D eigenvalue weighted by Gasteiger charge is 2.17. The number of hydrogen-bond acceptors (Lipinski definition) is 4. The summed E-state index contributed by atoms with van der Waals surface area (Å²) in [5.41, 5.74) is 6.62. The first kappa shape index (κ1) is 15.6. The minimum absolute atomic E-state index is 0.137. The standard InChI is InChI=1S/C12H19N3O3S/c1-4-10(13)12(16)15-9-6-5-8(2)11(7-9)19(17,18)14-3/h5-7,10,14H,4,13H2,1-3H3,(H,15,16). The van der Waals surface area contributed by atoms with Crippen LogP contribution in [0, 0.1) is 6.92 Å². The molecule has 0 aliphatic heterocycles. The minimum atomic E-state index is -3.55. The van der Waals surface area contributed by atoms with E-state index < -0.39 is 16.1 Å². The van der Waals surface area contributed by atoms with Crippen molar-refractivity contribution in [3.8, 4) is 0 Å². The van der Waals surface area contributed by atoms with Crippen LogP contribution in [-0.2, 0) is 14.8 Å². The molecule has 1 unspecified atom stereocenters. The van der Waals surface area contributed by atoms with Crippen molar-refractivity contribution >= 4 is 21.6 Å². The van der Waals surface area contributed by atoms with Crippen LogP contribution in [0.4, 0.5) is 5.69 Å². The Morgan fingerprint density at radius 2 is 2.05 bits per heavy atom. The average Bonchev–Trinajstić information content (AvgIpc) is 2.39. The van der Waals surface area contributed by atoms with E-state index in [0.717, 1.165) is 0 Å². The van der Waals surface area contributed by atoms with Crippen molar-refractivity contribution in [2.75, 3.05) is 12.4 Å². The zero-order chi connectivity index (χ0) is 14.6. The predicted molar refractivity (Wildman–Crippen MR) is 74.3 cm³/mol. The molecular formula is C12H19N3O3S.